The fraction of sp³-hybridized carbons (Fsp3) is 0.517. The van der Waals surface area contributed by atoms with Crippen LogP contribution in [0.3, 0.4) is 0 Å². The van der Waals surface area contributed by atoms with Gasteiger partial charge in [-0.25, -0.2) is 4.79 Å². The zero-order valence-corrected chi connectivity index (χ0v) is 20.6. The smallest absolute Gasteiger partial charge is 0.331 e. The lowest BCUT2D eigenvalue weighted by Crippen LogP contribution is -2.61. The van der Waals surface area contributed by atoms with Crippen molar-refractivity contribution in [1.29, 1.82) is 0 Å². The Hall–Kier alpha value is -2.70. The van der Waals surface area contributed by atoms with Crippen LogP contribution in [0.2, 0.25) is 0 Å². The van der Waals surface area contributed by atoms with Crippen LogP contribution in [0, 0.1) is 23.7 Å². The zero-order chi connectivity index (χ0) is 25.2. The molecule has 3 aliphatic rings. The number of esters is 1. The first kappa shape index (κ1) is 25.4. The van der Waals surface area contributed by atoms with Gasteiger partial charge in [0.25, 0.3) is 5.91 Å². The number of aliphatic hydroxyl groups excluding tert-OH is 2. The Morgan fingerprint density at radius 2 is 1.86 bits per heavy atom. The van der Waals surface area contributed by atoms with Crippen molar-refractivity contribution >= 4 is 11.9 Å². The molecule has 35 heavy (non-hydrogen) atoms. The highest BCUT2D eigenvalue weighted by Gasteiger charge is 2.67. The molecule has 6 heteroatoms. The maximum Gasteiger partial charge on any atom is 0.331 e. The molecule has 1 aromatic carbocycles. The quantitative estimate of drug-likeness (QED) is 0.446. The number of aliphatic hydroxyl groups is 2. The zero-order valence-electron chi connectivity index (χ0n) is 20.6. The number of amides is 1. The number of allylic oxidation sites excluding steroid dienone is 1. The molecule has 1 aromatic rings. The van der Waals surface area contributed by atoms with Crippen LogP contribution < -0.4 is 5.32 Å². The summed E-state index contributed by atoms with van der Waals surface area (Å²) in [6.07, 6.45) is 8.39. The van der Waals surface area contributed by atoms with E-state index in [1.54, 1.807) is 0 Å². The van der Waals surface area contributed by atoms with Crippen LogP contribution >= 0.6 is 0 Å². The third-order valence-electron chi connectivity index (χ3n) is 8.04. The minimum absolute atomic E-state index is 0.262. The second-order valence-corrected chi connectivity index (χ2v) is 10.5. The van der Waals surface area contributed by atoms with Crippen molar-refractivity contribution in [2.75, 3.05) is 0 Å². The Labute approximate surface area is 207 Å². The summed E-state index contributed by atoms with van der Waals surface area (Å²) in [5.74, 6) is -2.13. The van der Waals surface area contributed by atoms with Gasteiger partial charge in [0.15, 0.2) is 0 Å². The van der Waals surface area contributed by atoms with Crippen LogP contribution in [0.1, 0.15) is 45.1 Å². The summed E-state index contributed by atoms with van der Waals surface area (Å²) >= 11 is 0. The van der Waals surface area contributed by atoms with Crippen LogP contribution in [-0.4, -0.2) is 45.9 Å². The Morgan fingerprint density at radius 3 is 2.60 bits per heavy atom. The van der Waals surface area contributed by atoms with Gasteiger partial charge in [0.05, 0.1) is 18.1 Å². The summed E-state index contributed by atoms with van der Waals surface area (Å²) < 4.78 is 6.05. The predicted octanol–water partition coefficient (Wildman–Crippen LogP) is 3.49. The summed E-state index contributed by atoms with van der Waals surface area (Å²) in [7, 11) is 0. The topological polar surface area (TPSA) is 95.9 Å². The van der Waals surface area contributed by atoms with Gasteiger partial charge in [0, 0.05) is 18.0 Å². The highest BCUT2D eigenvalue weighted by atomic mass is 16.6. The molecule has 1 saturated carbocycles. The van der Waals surface area contributed by atoms with Gasteiger partial charge in [0.1, 0.15) is 0 Å². The van der Waals surface area contributed by atoms with Crippen LogP contribution in [-0.2, 0) is 20.7 Å². The normalized spacial score (nSPS) is 40.0. The summed E-state index contributed by atoms with van der Waals surface area (Å²) in [6, 6.07) is 9.59. The number of carbonyl (C=O) groups is 2. The molecule has 2 fully saturated rings. The lowest BCUT2D eigenvalue weighted by Gasteiger charge is -2.49. The maximum atomic E-state index is 13.7. The molecule has 0 bridgehead atoms. The summed E-state index contributed by atoms with van der Waals surface area (Å²) in [5.41, 5.74) is 0.136. The Kier molecular flexibility index (Phi) is 7.62. The summed E-state index contributed by atoms with van der Waals surface area (Å²) in [6.45, 7) is 8.27. The van der Waals surface area contributed by atoms with Gasteiger partial charge in [0.2, 0.25) is 5.60 Å². The van der Waals surface area contributed by atoms with Crippen molar-refractivity contribution in [2.24, 2.45) is 23.7 Å². The Bertz CT molecular complexity index is 1000. The van der Waals surface area contributed by atoms with E-state index in [1.807, 2.05) is 49.4 Å². The molecular weight excluding hydrogens is 442 g/mol. The van der Waals surface area contributed by atoms with Crippen molar-refractivity contribution in [3.05, 3.63) is 72.4 Å². The molecule has 0 radical (unpaired) electrons. The molecule has 1 spiro atoms. The molecule has 1 saturated heterocycles. The molecule has 8 atom stereocenters. The first-order chi connectivity index (χ1) is 16.7. The highest BCUT2D eigenvalue weighted by Crippen LogP contribution is 2.52. The molecule has 2 aliphatic heterocycles. The van der Waals surface area contributed by atoms with E-state index in [0.717, 1.165) is 24.8 Å². The summed E-state index contributed by atoms with van der Waals surface area (Å²) in [5, 5.41) is 24.7. The number of hydrogen-bond donors (Lipinski definition) is 3. The number of carbonyl (C=O) groups excluding carboxylic acids is 2. The second-order valence-electron chi connectivity index (χ2n) is 10.5. The number of benzene rings is 1. The Morgan fingerprint density at radius 1 is 1.11 bits per heavy atom. The van der Waals surface area contributed by atoms with E-state index in [2.05, 4.69) is 18.8 Å². The Balaban J connectivity index is 1.78. The van der Waals surface area contributed by atoms with Crippen molar-refractivity contribution in [2.45, 2.75) is 69.8 Å². The van der Waals surface area contributed by atoms with Crippen LogP contribution in [0.25, 0.3) is 0 Å². The van der Waals surface area contributed by atoms with Crippen molar-refractivity contribution in [1.82, 2.24) is 5.32 Å². The second kappa shape index (κ2) is 10.5. The highest BCUT2D eigenvalue weighted by molar-refractivity contribution is 5.94. The van der Waals surface area contributed by atoms with E-state index in [4.69, 9.17) is 4.74 Å². The number of rotatable bonds is 2. The van der Waals surface area contributed by atoms with E-state index < -0.39 is 35.6 Å². The molecule has 3 N–H and O–H groups in total. The monoisotopic (exact) mass is 479 g/mol. The van der Waals surface area contributed by atoms with E-state index >= 15 is 0 Å². The molecule has 0 aromatic heterocycles. The van der Waals surface area contributed by atoms with Crippen molar-refractivity contribution in [3.8, 4) is 0 Å². The maximum absolute atomic E-state index is 13.7. The molecular formula is C29H37NO5. The van der Waals surface area contributed by atoms with Gasteiger partial charge in [-0.2, -0.15) is 0 Å². The lowest BCUT2D eigenvalue weighted by molar-refractivity contribution is -0.182. The minimum atomic E-state index is -1.57. The third kappa shape index (κ3) is 5.00. The molecule has 2 heterocycles. The standard InChI is InChI=1S/C29H37NO5/c1-18-9-7-13-22(31)15-16-25(32)35-29-23(14-8-10-18)27(33)20(3)19(2)26(29)24(30-28(29)34)17-21-11-5-4-6-12-21/h4-6,8,11-12,14-16,18-19,22-24,26-27,31,33H,3,7,9-10,13,17H2,1-2H3,(H,30,34)/b14-8+,16-15+/t18?,19?,22?,23-,24-,26?,27+,29+/m0/s1. The number of hydrogen-bond acceptors (Lipinski definition) is 5. The first-order valence-corrected chi connectivity index (χ1v) is 12.7. The molecule has 1 amide bonds. The fourth-order valence-corrected chi connectivity index (χ4v) is 6.09. The van der Waals surface area contributed by atoms with Gasteiger partial charge < -0.3 is 20.3 Å². The molecule has 4 rings (SSSR count). The van der Waals surface area contributed by atoms with Gasteiger partial charge in [-0.05, 0) is 48.3 Å². The van der Waals surface area contributed by atoms with E-state index in [0.29, 0.717) is 24.3 Å². The molecule has 188 valence electrons. The molecule has 1 aliphatic carbocycles. The number of ether oxygens (including phenoxy) is 1. The first-order valence-electron chi connectivity index (χ1n) is 12.7. The van der Waals surface area contributed by atoms with Gasteiger partial charge in [-0.15, -0.1) is 0 Å². The van der Waals surface area contributed by atoms with Crippen molar-refractivity contribution in [3.63, 3.8) is 0 Å². The predicted molar refractivity (Wildman–Crippen MR) is 134 cm³/mol. The van der Waals surface area contributed by atoms with E-state index in [1.165, 1.54) is 12.2 Å². The average Bonchev–Trinajstić information content (AvgIpc) is 3.09. The van der Waals surface area contributed by atoms with Gasteiger partial charge in [-0.3, -0.25) is 4.79 Å². The van der Waals surface area contributed by atoms with Crippen LogP contribution in [0.15, 0.2) is 66.8 Å². The molecule has 4 unspecified atom stereocenters. The molecule has 6 nitrogen and oxygen atoms in total. The van der Waals surface area contributed by atoms with E-state index in [-0.39, 0.29) is 17.9 Å². The largest absolute Gasteiger partial charge is 0.445 e. The van der Waals surface area contributed by atoms with Gasteiger partial charge in [-0.1, -0.05) is 75.8 Å². The van der Waals surface area contributed by atoms with Crippen LogP contribution in [0.5, 0.6) is 0 Å². The number of nitrogens with one attached hydrogen (secondary N) is 1. The minimum Gasteiger partial charge on any atom is -0.445 e. The van der Waals surface area contributed by atoms with Crippen LogP contribution in [0.4, 0.5) is 0 Å². The SMILES string of the molecule is C=C1C(C)C2[C@H](Cc3ccccc3)NC(=O)[C@]23OC(=O)/C=C/C(O)CCCC(C)C/C=C/[C@H]3[C@@H]1O. The van der Waals surface area contributed by atoms with Crippen molar-refractivity contribution < 1.29 is 24.5 Å². The van der Waals surface area contributed by atoms with E-state index in [9.17, 15) is 19.8 Å². The lowest BCUT2D eigenvalue weighted by atomic mass is 9.59. The average molecular weight is 480 g/mol. The fourth-order valence-electron chi connectivity index (χ4n) is 6.09. The van der Waals surface area contributed by atoms with Gasteiger partial charge >= 0.3 is 5.97 Å². The third-order valence-corrected chi connectivity index (χ3v) is 8.04. The summed E-state index contributed by atoms with van der Waals surface area (Å²) in [4.78, 5) is 26.8.